The third-order valence-corrected chi connectivity index (χ3v) is 3.08. The molecule has 0 saturated heterocycles. The van der Waals surface area contributed by atoms with Gasteiger partial charge in [0.25, 0.3) is 0 Å². The lowest BCUT2D eigenvalue weighted by Gasteiger charge is -2.33. The third-order valence-electron chi connectivity index (χ3n) is 3.08. The van der Waals surface area contributed by atoms with Crippen molar-refractivity contribution in [3.05, 3.63) is 17.7 Å². The molecule has 2 rings (SSSR count). The standard InChI is InChI=1S/C14H19N3O4/c1-14(2)7-9(16-17-13(15)18)8-5-11(19-3)12(20-4)6-10(8)21-14/h5-6H,7H2,1-4H3,(H3,15,17,18)/b16-9+. The van der Waals surface area contributed by atoms with E-state index in [1.165, 1.54) is 0 Å². The Labute approximate surface area is 123 Å². The molecule has 0 bridgehead atoms. The SMILES string of the molecule is COc1cc2c(cc1OC)/C(=N/NC(N)=O)CC(C)(C)O2. The number of carbonyl (C=O) groups is 1. The molecule has 0 unspecified atom stereocenters. The summed E-state index contributed by atoms with van der Waals surface area (Å²) in [7, 11) is 3.11. The highest BCUT2D eigenvalue weighted by molar-refractivity contribution is 6.05. The first-order valence-corrected chi connectivity index (χ1v) is 6.43. The Morgan fingerprint density at radius 1 is 1.33 bits per heavy atom. The summed E-state index contributed by atoms with van der Waals surface area (Å²) in [6.45, 7) is 3.87. The second-order valence-electron chi connectivity index (χ2n) is 5.28. The molecule has 0 atom stereocenters. The smallest absolute Gasteiger partial charge is 0.332 e. The van der Waals surface area contributed by atoms with E-state index >= 15 is 0 Å². The largest absolute Gasteiger partial charge is 0.493 e. The molecule has 0 radical (unpaired) electrons. The van der Waals surface area contributed by atoms with E-state index < -0.39 is 11.6 Å². The Kier molecular flexibility index (Phi) is 3.93. The second kappa shape index (κ2) is 5.51. The first-order valence-electron chi connectivity index (χ1n) is 6.43. The highest BCUT2D eigenvalue weighted by atomic mass is 16.5. The number of urea groups is 1. The number of nitrogens with zero attached hydrogens (tertiary/aromatic N) is 1. The monoisotopic (exact) mass is 293 g/mol. The molecule has 21 heavy (non-hydrogen) atoms. The minimum Gasteiger partial charge on any atom is -0.493 e. The Morgan fingerprint density at radius 2 is 1.95 bits per heavy atom. The van der Waals surface area contributed by atoms with Crippen LogP contribution in [0.1, 0.15) is 25.8 Å². The van der Waals surface area contributed by atoms with Crippen LogP contribution in [0.15, 0.2) is 17.2 Å². The van der Waals surface area contributed by atoms with Crippen molar-refractivity contribution in [1.29, 1.82) is 0 Å². The molecule has 3 N–H and O–H groups in total. The number of hydrogen-bond acceptors (Lipinski definition) is 5. The quantitative estimate of drug-likeness (QED) is 0.828. The van der Waals surface area contributed by atoms with Gasteiger partial charge in [-0.25, -0.2) is 10.2 Å². The number of hydrogen-bond donors (Lipinski definition) is 2. The van der Waals surface area contributed by atoms with E-state index in [0.717, 1.165) is 5.56 Å². The van der Waals surface area contributed by atoms with Crippen molar-refractivity contribution in [2.24, 2.45) is 10.8 Å². The third kappa shape index (κ3) is 3.18. The molecule has 1 aliphatic rings. The fourth-order valence-corrected chi connectivity index (χ4v) is 2.22. The van der Waals surface area contributed by atoms with Gasteiger partial charge >= 0.3 is 6.03 Å². The van der Waals surface area contributed by atoms with E-state index in [1.807, 2.05) is 13.8 Å². The van der Waals surface area contributed by atoms with Gasteiger partial charge in [-0.15, -0.1) is 0 Å². The van der Waals surface area contributed by atoms with Gasteiger partial charge in [0.05, 0.1) is 19.9 Å². The van der Waals surface area contributed by atoms with E-state index in [0.29, 0.717) is 29.4 Å². The summed E-state index contributed by atoms with van der Waals surface area (Å²) in [5.41, 5.74) is 8.28. The molecular weight excluding hydrogens is 274 g/mol. The lowest BCUT2D eigenvalue weighted by atomic mass is 9.92. The second-order valence-corrected chi connectivity index (χ2v) is 5.28. The van der Waals surface area contributed by atoms with Gasteiger partial charge in [0.2, 0.25) is 0 Å². The van der Waals surface area contributed by atoms with Crippen molar-refractivity contribution >= 4 is 11.7 Å². The molecule has 0 aliphatic carbocycles. The summed E-state index contributed by atoms with van der Waals surface area (Å²) in [4.78, 5) is 10.9. The average molecular weight is 293 g/mol. The molecule has 1 aliphatic heterocycles. The summed E-state index contributed by atoms with van der Waals surface area (Å²) < 4.78 is 16.5. The van der Waals surface area contributed by atoms with Crippen LogP contribution in [0, 0.1) is 0 Å². The van der Waals surface area contributed by atoms with E-state index in [2.05, 4.69) is 10.5 Å². The Hall–Kier alpha value is -2.44. The molecule has 1 heterocycles. The number of ether oxygens (including phenoxy) is 3. The predicted molar refractivity (Wildman–Crippen MR) is 78.1 cm³/mol. The minimum atomic E-state index is -0.714. The van der Waals surface area contributed by atoms with Gasteiger partial charge in [-0.3, -0.25) is 0 Å². The van der Waals surface area contributed by atoms with Crippen molar-refractivity contribution in [3.63, 3.8) is 0 Å². The topological polar surface area (TPSA) is 95.2 Å². The van der Waals surface area contributed by atoms with Crippen LogP contribution in [-0.2, 0) is 0 Å². The molecule has 7 heteroatoms. The zero-order valence-electron chi connectivity index (χ0n) is 12.5. The fourth-order valence-electron chi connectivity index (χ4n) is 2.22. The summed E-state index contributed by atoms with van der Waals surface area (Å²) >= 11 is 0. The number of nitrogens with one attached hydrogen (secondary N) is 1. The molecule has 7 nitrogen and oxygen atoms in total. The molecule has 0 fully saturated rings. The number of rotatable bonds is 3. The van der Waals surface area contributed by atoms with Gasteiger partial charge in [-0.2, -0.15) is 5.10 Å². The van der Waals surface area contributed by atoms with Crippen molar-refractivity contribution in [2.45, 2.75) is 25.9 Å². The summed E-state index contributed by atoms with van der Waals surface area (Å²) in [5.74, 6) is 1.75. The van der Waals surface area contributed by atoms with E-state index in [9.17, 15) is 4.79 Å². The summed E-state index contributed by atoms with van der Waals surface area (Å²) in [5, 5.41) is 4.07. The highest BCUT2D eigenvalue weighted by Crippen LogP contribution is 2.40. The molecule has 1 aromatic carbocycles. The number of fused-ring (bicyclic) bond motifs is 1. The number of amides is 2. The minimum absolute atomic E-state index is 0.454. The van der Waals surface area contributed by atoms with Gasteiger partial charge in [-0.05, 0) is 19.9 Å². The van der Waals surface area contributed by atoms with E-state index in [1.54, 1.807) is 26.4 Å². The molecule has 2 amide bonds. The van der Waals surface area contributed by atoms with Crippen LogP contribution in [-0.4, -0.2) is 31.6 Å². The Balaban J connectivity index is 2.53. The first-order chi connectivity index (χ1) is 9.86. The van der Waals surface area contributed by atoms with Gasteiger partial charge < -0.3 is 19.9 Å². The number of hydrazone groups is 1. The Morgan fingerprint density at radius 3 is 2.52 bits per heavy atom. The average Bonchev–Trinajstić information content (AvgIpc) is 2.42. The molecule has 114 valence electrons. The van der Waals surface area contributed by atoms with Crippen molar-refractivity contribution < 1.29 is 19.0 Å². The first kappa shape index (κ1) is 15.0. The maximum atomic E-state index is 10.9. The molecule has 1 aromatic rings. The predicted octanol–water partition coefficient (Wildman–Crippen LogP) is 1.64. The van der Waals surface area contributed by atoms with E-state index in [4.69, 9.17) is 19.9 Å². The van der Waals surface area contributed by atoms with Crippen molar-refractivity contribution in [2.75, 3.05) is 14.2 Å². The number of methoxy groups -OCH3 is 2. The zero-order valence-corrected chi connectivity index (χ0v) is 12.5. The number of carbonyl (C=O) groups excluding carboxylic acids is 1. The van der Waals surface area contributed by atoms with Gasteiger partial charge in [0.15, 0.2) is 11.5 Å². The Bertz CT molecular complexity index is 596. The normalized spacial score (nSPS) is 17.6. The van der Waals surface area contributed by atoms with Gasteiger partial charge in [-0.1, -0.05) is 0 Å². The van der Waals surface area contributed by atoms with Crippen LogP contribution in [0.2, 0.25) is 0 Å². The van der Waals surface area contributed by atoms with Gasteiger partial charge in [0.1, 0.15) is 11.4 Å². The van der Waals surface area contributed by atoms with Crippen LogP contribution >= 0.6 is 0 Å². The lowest BCUT2D eigenvalue weighted by Crippen LogP contribution is -2.37. The fraction of sp³-hybridized carbons (Fsp3) is 0.429. The highest BCUT2D eigenvalue weighted by Gasteiger charge is 2.32. The zero-order chi connectivity index (χ0) is 15.6. The van der Waals surface area contributed by atoms with Crippen LogP contribution in [0.3, 0.4) is 0 Å². The van der Waals surface area contributed by atoms with Crippen LogP contribution in [0.4, 0.5) is 4.79 Å². The lowest BCUT2D eigenvalue weighted by molar-refractivity contribution is 0.110. The van der Waals surface area contributed by atoms with Crippen LogP contribution < -0.4 is 25.4 Å². The summed E-state index contributed by atoms with van der Waals surface area (Å²) in [6.07, 6.45) is 0.524. The maximum Gasteiger partial charge on any atom is 0.332 e. The number of primary amides is 1. The maximum absolute atomic E-state index is 10.9. The van der Waals surface area contributed by atoms with E-state index in [-0.39, 0.29) is 0 Å². The molecular formula is C14H19N3O4. The number of nitrogens with two attached hydrogens (primary N) is 1. The molecule has 0 aromatic heterocycles. The van der Waals surface area contributed by atoms with Crippen molar-refractivity contribution in [3.8, 4) is 17.2 Å². The van der Waals surface area contributed by atoms with Crippen molar-refractivity contribution in [1.82, 2.24) is 5.43 Å². The van der Waals surface area contributed by atoms with Crippen LogP contribution in [0.25, 0.3) is 0 Å². The number of benzene rings is 1. The summed E-state index contributed by atoms with van der Waals surface area (Å²) in [6, 6.07) is 2.80. The molecule has 0 saturated carbocycles. The van der Waals surface area contributed by atoms with Gasteiger partial charge in [0, 0.05) is 18.1 Å². The van der Waals surface area contributed by atoms with Crippen LogP contribution in [0.5, 0.6) is 17.2 Å². The molecule has 0 spiro atoms.